The highest BCUT2D eigenvalue weighted by Crippen LogP contribution is 2.33. The zero-order valence-corrected chi connectivity index (χ0v) is 14.3. The molecule has 1 aliphatic rings. The Kier molecular flexibility index (Phi) is 5.07. The summed E-state index contributed by atoms with van der Waals surface area (Å²) in [7, 11) is -0.599. The maximum Gasteiger partial charge on any atom is 0.249 e. The number of aromatic nitrogens is 1. The van der Waals surface area contributed by atoms with E-state index >= 15 is 0 Å². The molecular weight excluding hydrogens is 310 g/mol. The standard InChI is InChI=1S/C12H23N5O2S2/c1-4-17(9-5-6-9)8-7-14-12-10(11(13)15-20-12)21(18,19)16(2)3/h9,14H,4-8H2,1-3H3,(H2,13,15). The number of sulfonamides is 1. The van der Waals surface area contributed by atoms with E-state index in [1.54, 1.807) is 0 Å². The molecule has 0 unspecified atom stereocenters. The number of hydrogen-bond acceptors (Lipinski definition) is 7. The summed E-state index contributed by atoms with van der Waals surface area (Å²) in [6.07, 6.45) is 2.53. The minimum atomic E-state index is -3.57. The van der Waals surface area contributed by atoms with E-state index in [-0.39, 0.29) is 10.7 Å². The van der Waals surface area contributed by atoms with E-state index < -0.39 is 10.0 Å². The van der Waals surface area contributed by atoms with E-state index in [0.29, 0.717) is 17.6 Å². The molecule has 0 atom stereocenters. The number of likely N-dealkylation sites (N-methyl/N-ethyl adjacent to an activating group) is 1. The first-order valence-electron chi connectivity index (χ1n) is 7.03. The van der Waals surface area contributed by atoms with Crippen LogP contribution < -0.4 is 11.1 Å². The van der Waals surface area contributed by atoms with Crippen molar-refractivity contribution in [2.75, 3.05) is 44.8 Å². The fraction of sp³-hybridized carbons (Fsp3) is 0.750. The van der Waals surface area contributed by atoms with E-state index in [9.17, 15) is 8.42 Å². The molecule has 9 heteroatoms. The summed E-state index contributed by atoms with van der Waals surface area (Å²) >= 11 is 1.09. The Morgan fingerprint density at radius 2 is 2.10 bits per heavy atom. The number of nitrogens with one attached hydrogen (secondary N) is 1. The largest absolute Gasteiger partial charge is 0.382 e. The maximum atomic E-state index is 12.3. The predicted molar refractivity (Wildman–Crippen MR) is 86.2 cm³/mol. The van der Waals surface area contributed by atoms with Crippen LogP contribution in [0, 0.1) is 0 Å². The maximum absolute atomic E-state index is 12.3. The lowest BCUT2D eigenvalue weighted by Gasteiger charge is -2.20. The molecule has 1 saturated carbocycles. The minimum absolute atomic E-state index is 0.0609. The molecule has 1 heterocycles. The molecule has 0 aromatic carbocycles. The van der Waals surface area contributed by atoms with Crippen LogP contribution in [0.25, 0.3) is 0 Å². The van der Waals surface area contributed by atoms with Gasteiger partial charge < -0.3 is 11.1 Å². The van der Waals surface area contributed by atoms with Gasteiger partial charge in [0.1, 0.15) is 5.00 Å². The van der Waals surface area contributed by atoms with E-state index in [4.69, 9.17) is 5.73 Å². The summed E-state index contributed by atoms with van der Waals surface area (Å²) in [6.45, 7) is 4.73. The molecule has 0 radical (unpaired) electrons. The summed E-state index contributed by atoms with van der Waals surface area (Å²) in [5.74, 6) is 0.0609. The van der Waals surface area contributed by atoms with E-state index in [1.165, 1.54) is 26.9 Å². The summed E-state index contributed by atoms with van der Waals surface area (Å²) in [5.41, 5.74) is 5.72. The third-order valence-corrected chi connectivity index (χ3v) is 6.41. The van der Waals surface area contributed by atoms with Gasteiger partial charge in [-0.05, 0) is 30.9 Å². The summed E-state index contributed by atoms with van der Waals surface area (Å²) in [4.78, 5) is 2.49. The molecule has 1 aliphatic carbocycles. The molecule has 0 saturated heterocycles. The van der Waals surface area contributed by atoms with E-state index in [2.05, 4.69) is 21.5 Å². The number of anilines is 2. The van der Waals surface area contributed by atoms with Crippen LogP contribution in [0.3, 0.4) is 0 Å². The van der Waals surface area contributed by atoms with Crippen molar-refractivity contribution in [1.29, 1.82) is 0 Å². The number of nitrogens with zero attached hydrogens (tertiary/aromatic N) is 3. The van der Waals surface area contributed by atoms with E-state index in [0.717, 1.165) is 28.9 Å². The number of hydrogen-bond donors (Lipinski definition) is 2. The minimum Gasteiger partial charge on any atom is -0.382 e. The monoisotopic (exact) mass is 333 g/mol. The first kappa shape index (κ1) is 16.5. The third-order valence-electron chi connectivity index (χ3n) is 3.57. The van der Waals surface area contributed by atoms with Gasteiger partial charge >= 0.3 is 0 Å². The molecular formula is C12H23N5O2S2. The second-order valence-electron chi connectivity index (χ2n) is 5.30. The second kappa shape index (κ2) is 6.47. The highest BCUT2D eigenvalue weighted by Gasteiger charge is 2.29. The molecule has 1 aromatic heterocycles. The van der Waals surface area contributed by atoms with Crippen LogP contribution in [0.1, 0.15) is 19.8 Å². The first-order chi connectivity index (χ1) is 9.87. The van der Waals surface area contributed by atoms with Crippen LogP contribution in [0.2, 0.25) is 0 Å². The van der Waals surface area contributed by atoms with Crippen molar-refractivity contribution in [2.45, 2.75) is 30.7 Å². The van der Waals surface area contributed by atoms with Crippen LogP contribution in [0.5, 0.6) is 0 Å². The number of nitrogen functional groups attached to an aromatic ring is 1. The van der Waals surface area contributed by atoms with Gasteiger partial charge in [0.25, 0.3) is 0 Å². The second-order valence-corrected chi connectivity index (χ2v) is 8.16. The zero-order valence-electron chi connectivity index (χ0n) is 12.7. The zero-order chi connectivity index (χ0) is 15.6. The van der Waals surface area contributed by atoms with Gasteiger partial charge in [0.15, 0.2) is 10.7 Å². The lowest BCUT2D eigenvalue weighted by molar-refractivity contribution is 0.289. The molecule has 7 nitrogen and oxygen atoms in total. The SMILES string of the molecule is CCN(CCNc1snc(N)c1S(=O)(=O)N(C)C)C1CC1. The molecule has 1 aromatic rings. The molecule has 1 fully saturated rings. The summed E-state index contributed by atoms with van der Waals surface area (Å²) in [5, 5.41) is 3.69. The van der Waals surface area contributed by atoms with Crippen LogP contribution in [0.4, 0.5) is 10.8 Å². The van der Waals surface area contributed by atoms with Gasteiger partial charge in [0.2, 0.25) is 10.0 Å². The molecule has 0 spiro atoms. The number of nitrogens with two attached hydrogens (primary N) is 1. The molecule has 0 bridgehead atoms. The van der Waals surface area contributed by atoms with Crippen molar-refractivity contribution < 1.29 is 8.42 Å². The van der Waals surface area contributed by atoms with Gasteiger partial charge in [-0.2, -0.15) is 4.37 Å². The van der Waals surface area contributed by atoms with Crippen molar-refractivity contribution in [3.05, 3.63) is 0 Å². The fourth-order valence-corrected chi connectivity index (χ4v) is 4.29. The molecule has 3 N–H and O–H groups in total. The Morgan fingerprint density at radius 1 is 1.43 bits per heavy atom. The van der Waals surface area contributed by atoms with Crippen molar-refractivity contribution in [1.82, 2.24) is 13.6 Å². The average molecular weight is 333 g/mol. The topological polar surface area (TPSA) is 91.6 Å². The normalized spacial score (nSPS) is 15.9. The Balaban J connectivity index is 2.04. The Labute approximate surface area is 130 Å². The van der Waals surface area contributed by atoms with Gasteiger partial charge in [-0.1, -0.05) is 6.92 Å². The molecule has 0 aliphatic heterocycles. The Bertz CT molecular complexity index is 580. The van der Waals surface area contributed by atoms with Crippen LogP contribution in [-0.4, -0.2) is 61.8 Å². The van der Waals surface area contributed by atoms with Crippen molar-refractivity contribution in [3.63, 3.8) is 0 Å². The van der Waals surface area contributed by atoms with Crippen molar-refractivity contribution in [2.24, 2.45) is 0 Å². The highest BCUT2D eigenvalue weighted by molar-refractivity contribution is 7.89. The van der Waals surface area contributed by atoms with Gasteiger partial charge in [0, 0.05) is 33.2 Å². The van der Waals surface area contributed by atoms with Gasteiger partial charge in [-0.25, -0.2) is 12.7 Å². The van der Waals surface area contributed by atoms with Crippen LogP contribution in [0.15, 0.2) is 4.90 Å². The van der Waals surface area contributed by atoms with Crippen LogP contribution in [-0.2, 0) is 10.0 Å². The van der Waals surface area contributed by atoms with Gasteiger partial charge in [0.05, 0.1) is 0 Å². The van der Waals surface area contributed by atoms with Gasteiger partial charge in [-0.3, -0.25) is 4.90 Å². The Morgan fingerprint density at radius 3 is 2.62 bits per heavy atom. The highest BCUT2D eigenvalue weighted by atomic mass is 32.2. The smallest absolute Gasteiger partial charge is 0.249 e. The molecule has 2 rings (SSSR count). The predicted octanol–water partition coefficient (Wildman–Crippen LogP) is 0.872. The quantitative estimate of drug-likeness (QED) is 0.733. The lowest BCUT2D eigenvalue weighted by Crippen LogP contribution is -2.31. The molecule has 120 valence electrons. The van der Waals surface area contributed by atoms with Crippen molar-refractivity contribution >= 4 is 32.4 Å². The van der Waals surface area contributed by atoms with Gasteiger partial charge in [-0.15, -0.1) is 0 Å². The first-order valence-corrected chi connectivity index (χ1v) is 9.24. The summed E-state index contributed by atoms with van der Waals surface area (Å²) in [6, 6.07) is 0.702. The lowest BCUT2D eigenvalue weighted by atomic mass is 10.4. The third kappa shape index (κ3) is 3.65. The fourth-order valence-electron chi connectivity index (χ4n) is 2.19. The van der Waals surface area contributed by atoms with E-state index in [1.807, 2.05) is 0 Å². The Hall–Kier alpha value is -0.900. The molecule has 21 heavy (non-hydrogen) atoms. The average Bonchev–Trinajstić information content (AvgIpc) is 3.18. The number of rotatable bonds is 8. The van der Waals surface area contributed by atoms with Crippen LogP contribution >= 0.6 is 11.5 Å². The van der Waals surface area contributed by atoms with Crippen molar-refractivity contribution in [3.8, 4) is 0 Å². The summed E-state index contributed by atoms with van der Waals surface area (Å²) < 4.78 is 29.7. The molecule has 0 amide bonds.